The number of hydrogen-bond acceptors (Lipinski definition) is 3. The zero-order valence-corrected chi connectivity index (χ0v) is 14.4. The van der Waals surface area contributed by atoms with Crippen LogP contribution in [0.2, 0.25) is 0 Å². The largest absolute Gasteiger partial charge is 0.352 e. The Kier molecular flexibility index (Phi) is 7.38. The maximum Gasteiger partial charge on any atom is 0.234 e. The lowest BCUT2D eigenvalue weighted by molar-refractivity contribution is -0.121. The third kappa shape index (κ3) is 5.82. The van der Waals surface area contributed by atoms with Gasteiger partial charge < -0.3 is 10.6 Å². The lowest BCUT2D eigenvalue weighted by Gasteiger charge is -2.36. The van der Waals surface area contributed by atoms with Crippen molar-refractivity contribution in [2.24, 2.45) is 0 Å². The van der Waals surface area contributed by atoms with Gasteiger partial charge in [0.05, 0.1) is 6.54 Å². The molecule has 2 fully saturated rings. The third-order valence-electron chi connectivity index (χ3n) is 5.15. The first-order valence-corrected chi connectivity index (χ1v) is 10.0. The summed E-state index contributed by atoms with van der Waals surface area (Å²) in [6.07, 6.45) is 16.4. The Morgan fingerprint density at radius 1 is 1.05 bits per heavy atom. The molecule has 4 heteroatoms. The maximum atomic E-state index is 12.1. The Labute approximate surface area is 134 Å². The highest BCUT2D eigenvalue weighted by molar-refractivity contribution is 8.00. The van der Waals surface area contributed by atoms with Crippen molar-refractivity contribution in [2.75, 3.05) is 19.3 Å². The van der Waals surface area contributed by atoms with Crippen LogP contribution in [-0.4, -0.2) is 36.0 Å². The molecule has 2 aliphatic carbocycles. The molecule has 0 unspecified atom stereocenters. The molecule has 1 amide bonds. The van der Waals surface area contributed by atoms with E-state index in [4.69, 9.17) is 0 Å². The van der Waals surface area contributed by atoms with Crippen LogP contribution < -0.4 is 10.6 Å². The quantitative estimate of drug-likeness (QED) is 0.738. The third-order valence-corrected chi connectivity index (χ3v) is 6.57. The van der Waals surface area contributed by atoms with Gasteiger partial charge in [0.25, 0.3) is 0 Å². The molecule has 0 radical (unpaired) electrons. The number of carbonyl (C=O) groups is 1. The second-order valence-corrected chi connectivity index (χ2v) is 8.08. The second kappa shape index (κ2) is 9.04. The molecule has 0 aromatic rings. The molecule has 2 aliphatic rings. The molecule has 3 nitrogen and oxygen atoms in total. The average molecular weight is 313 g/mol. The summed E-state index contributed by atoms with van der Waals surface area (Å²) in [5.41, 5.74) is 0. The van der Waals surface area contributed by atoms with Gasteiger partial charge in [-0.05, 0) is 31.9 Å². The Morgan fingerprint density at radius 3 is 2.29 bits per heavy atom. The van der Waals surface area contributed by atoms with E-state index in [0.717, 1.165) is 6.54 Å². The Morgan fingerprint density at radius 2 is 1.67 bits per heavy atom. The summed E-state index contributed by atoms with van der Waals surface area (Å²) in [6, 6.07) is 0.422. The number of thioether (sulfide) groups is 1. The Balaban J connectivity index is 1.66. The van der Waals surface area contributed by atoms with Crippen LogP contribution in [0.5, 0.6) is 0 Å². The first kappa shape index (κ1) is 17.1. The molecule has 2 rings (SSSR count). The highest BCUT2D eigenvalue weighted by Gasteiger charge is 2.30. The van der Waals surface area contributed by atoms with Crippen LogP contribution in [0.3, 0.4) is 0 Å². The molecule has 2 N–H and O–H groups in total. The number of amides is 1. The van der Waals surface area contributed by atoms with Crippen molar-refractivity contribution in [2.45, 2.75) is 81.4 Å². The van der Waals surface area contributed by atoms with Crippen molar-refractivity contribution in [1.82, 2.24) is 10.6 Å². The van der Waals surface area contributed by atoms with Gasteiger partial charge in [0.1, 0.15) is 0 Å². The number of carbonyl (C=O) groups excluding carboxylic acids is 1. The number of hydrogen-bond donors (Lipinski definition) is 2. The number of rotatable bonds is 6. The van der Waals surface area contributed by atoms with Crippen LogP contribution in [0.25, 0.3) is 0 Å². The van der Waals surface area contributed by atoms with E-state index in [1.165, 1.54) is 70.6 Å². The maximum absolute atomic E-state index is 12.1. The van der Waals surface area contributed by atoms with Crippen molar-refractivity contribution in [3.05, 3.63) is 0 Å². The van der Waals surface area contributed by atoms with E-state index in [0.29, 0.717) is 17.3 Å². The van der Waals surface area contributed by atoms with Crippen LogP contribution in [-0.2, 0) is 4.79 Å². The summed E-state index contributed by atoms with van der Waals surface area (Å²) < 4.78 is 0.376. The molecule has 0 aromatic heterocycles. The predicted molar refractivity (Wildman–Crippen MR) is 91.8 cm³/mol. The van der Waals surface area contributed by atoms with E-state index in [2.05, 4.69) is 16.9 Å². The normalized spacial score (nSPS) is 23.5. The molecule has 2 saturated carbocycles. The van der Waals surface area contributed by atoms with E-state index in [9.17, 15) is 4.79 Å². The highest BCUT2D eigenvalue weighted by atomic mass is 32.2. The second-order valence-electron chi connectivity index (χ2n) is 6.81. The lowest BCUT2D eigenvalue weighted by atomic mass is 9.88. The molecule has 0 aromatic carbocycles. The minimum atomic E-state index is 0.189. The van der Waals surface area contributed by atoms with Crippen molar-refractivity contribution in [1.29, 1.82) is 0 Å². The van der Waals surface area contributed by atoms with Crippen LogP contribution >= 0.6 is 11.8 Å². The highest BCUT2D eigenvalue weighted by Crippen LogP contribution is 2.37. The van der Waals surface area contributed by atoms with Gasteiger partial charge >= 0.3 is 0 Å². The molecular weight excluding hydrogens is 280 g/mol. The van der Waals surface area contributed by atoms with Crippen molar-refractivity contribution in [3.8, 4) is 0 Å². The molecule has 0 atom stereocenters. The average Bonchev–Trinajstić information content (AvgIpc) is 2.77. The van der Waals surface area contributed by atoms with Crippen molar-refractivity contribution in [3.63, 3.8) is 0 Å². The number of nitrogens with one attached hydrogen (secondary N) is 2. The van der Waals surface area contributed by atoms with Gasteiger partial charge in [-0.15, -0.1) is 0 Å². The standard InChI is InChI=1S/C17H32N2OS/c1-21-17(11-7-4-8-12-17)14-18-13-16(20)19-15-9-5-2-3-6-10-15/h15,18H,2-14H2,1H3,(H,19,20). The fourth-order valence-electron chi connectivity index (χ4n) is 3.76. The van der Waals surface area contributed by atoms with Gasteiger partial charge in [0.15, 0.2) is 0 Å². The van der Waals surface area contributed by atoms with E-state index >= 15 is 0 Å². The SMILES string of the molecule is CSC1(CNCC(=O)NC2CCCCCC2)CCCCC1. The lowest BCUT2D eigenvalue weighted by Crippen LogP contribution is -2.45. The summed E-state index contributed by atoms with van der Waals surface area (Å²) in [6.45, 7) is 1.46. The monoisotopic (exact) mass is 312 g/mol. The summed E-state index contributed by atoms with van der Waals surface area (Å²) in [7, 11) is 0. The Hall–Kier alpha value is -0.220. The molecular formula is C17H32N2OS. The minimum Gasteiger partial charge on any atom is -0.352 e. The van der Waals surface area contributed by atoms with Crippen LogP contribution in [0, 0.1) is 0 Å². The first-order chi connectivity index (χ1) is 10.2. The van der Waals surface area contributed by atoms with Gasteiger partial charge in [-0.25, -0.2) is 0 Å². The molecule has 21 heavy (non-hydrogen) atoms. The topological polar surface area (TPSA) is 41.1 Å². The molecule has 0 spiro atoms. The van der Waals surface area contributed by atoms with Gasteiger partial charge in [-0.3, -0.25) is 4.79 Å². The van der Waals surface area contributed by atoms with E-state index in [1.54, 1.807) is 0 Å². The van der Waals surface area contributed by atoms with E-state index in [1.807, 2.05) is 11.8 Å². The van der Waals surface area contributed by atoms with Gasteiger partial charge in [0.2, 0.25) is 5.91 Å². The minimum absolute atomic E-state index is 0.189. The molecule has 0 saturated heterocycles. The summed E-state index contributed by atoms with van der Waals surface area (Å²) in [4.78, 5) is 12.1. The van der Waals surface area contributed by atoms with Crippen molar-refractivity contribution >= 4 is 17.7 Å². The van der Waals surface area contributed by atoms with E-state index in [-0.39, 0.29) is 5.91 Å². The molecule has 122 valence electrons. The summed E-state index contributed by atoms with van der Waals surface area (Å²) in [5.74, 6) is 0.189. The zero-order valence-electron chi connectivity index (χ0n) is 13.6. The molecule has 0 bridgehead atoms. The van der Waals surface area contributed by atoms with Gasteiger partial charge in [-0.1, -0.05) is 44.9 Å². The first-order valence-electron chi connectivity index (χ1n) is 8.79. The fourth-order valence-corrected chi connectivity index (χ4v) is 4.70. The summed E-state index contributed by atoms with van der Waals surface area (Å²) >= 11 is 1.99. The zero-order chi connectivity index (χ0) is 15.0. The summed E-state index contributed by atoms with van der Waals surface area (Å²) in [5, 5.41) is 6.64. The fraction of sp³-hybridized carbons (Fsp3) is 0.941. The van der Waals surface area contributed by atoms with Crippen LogP contribution in [0.1, 0.15) is 70.6 Å². The molecule has 0 aliphatic heterocycles. The van der Waals surface area contributed by atoms with Gasteiger partial charge in [-0.2, -0.15) is 11.8 Å². The smallest absolute Gasteiger partial charge is 0.234 e. The van der Waals surface area contributed by atoms with E-state index < -0.39 is 0 Å². The van der Waals surface area contributed by atoms with Crippen molar-refractivity contribution < 1.29 is 4.79 Å². The predicted octanol–water partition coefficient (Wildman–Crippen LogP) is 3.48. The Bertz CT molecular complexity index is 308. The van der Waals surface area contributed by atoms with Crippen LogP contribution in [0.4, 0.5) is 0 Å². The van der Waals surface area contributed by atoms with Crippen LogP contribution in [0.15, 0.2) is 0 Å². The van der Waals surface area contributed by atoms with Gasteiger partial charge in [0, 0.05) is 17.3 Å². The molecule has 0 heterocycles.